The molecule has 1 rings (SSSR count). The molecule has 0 fully saturated rings. The summed E-state index contributed by atoms with van der Waals surface area (Å²) in [6.07, 6.45) is 0.00389. The highest BCUT2D eigenvalue weighted by molar-refractivity contribution is 5.92. The van der Waals surface area contributed by atoms with Crippen LogP contribution in [0.15, 0.2) is 12.1 Å². The maximum atomic E-state index is 13.2. The molecule has 1 aromatic rings. The van der Waals surface area contributed by atoms with E-state index in [1.54, 1.807) is 0 Å². The maximum Gasteiger partial charge on any atom is 0.341 e. The molecule has 0 saturated heterocycles. The minimum atomic E-state index is -1.71. The van der Waals surface area contributed by atoms with Crippen LogP contribution in [0.2, 0.25) is 0 Å². The van der Waals surface area contributed by atoms with Crippen LogP contribution in [0.3, 0.4) is 0 Å². The molecule has 0 unspecified atom stereocenters. The lowest BCUT2D eigenvalue weighted by Crippen LogP contribution is -2.17. The van der Waals surface area contributed by atoms with E-state index in [1.165, 1.54) is 0 Å². The average Bonchev–Trinajstić information content (AvgIpc) is 2.15. The van der Waals surface area contributed by atoms with Gasteiger partial charge in [-0.15, -0.1) is 0 Å². The number of amides is 1. The van der Waals surface area contributed by atoms with Crippen molar-refractivity contribution in [3.05, 3.63) is 29.3 Å². The van der Waals surface area contributed by atoms with Gasteiger partial charge in [-0.2, -0.15) is 0 Å². The molecule has 0 bridgehead atoms. The first-order valence-electron chi connectivity index (χ1n) is 4.68. The Labute approximate surface area is 95.2 Å². The Bertz CT molecular complexity index is 440. The van der Waals surface area contributed by atoms with Crippen LogP contribution in [-0.2, 0) is 4.79 Å². The minimum Gasteiger partial charge on any atom is -0.477 e. The molecule has 0 aromatic heterocycles. The number of halogens is 2. The molecule has 0 saturated carbocycles. The fourth-order valence-electron chi connectivity index (χ4n) is 1.20. The number of carbonyl (C=O) groups excluding carboxylic acids is 1. The molecule has 17 heavy (non-hydrogen) atoms. The summed E-state index contributed by atoms with van der Waals surface area (Å²) in [4.78, 5) is 21.6. The molecule has 0 aliphatic rings. The maximum absolute atomic E-state index is 13.2. The quantitative estimate of drug-likeness (QED) is 0.735. The van der Waals surface area contributed by atoms with Gasteiger partial charge in [-0.25, -0.2) is 13.6 Å². The summed E-state index contributed by atoms with van der Waals surface area (Å²) >= 11 is 0. The van der Waals surface area contributed by atoms with Crippen LogP contribution < -0.4 is 11.1 Å². The molecule has 7 heteroatoms. The second kappa shape index (κ2) is 5.35. The summed E-state index contributed by atoms with van der Waals surface area (Å²) in [5.41, 5.74) is 3.92. The minimum absolute atomic E-state index is 0.00389. The SMILES string of the molecule is NCCC(=O)Nc1cc(F)c(C(=O)O)c(F)c1. The molecular weight excluding hydrogens is 234 g/mol. The van der Waals surface area contributed by atoms with Gasteiger partial charge in [0.05, 0.1) is 0 Å². The van der Waals surface area contributed by atoms with Crippen molar-refractivity contribution in [2.45, 2.75) is 6.42 Å². The van der Waals surface area contributed by atoms with Crippen molar-refractivity contribution in [2.24, 2.45) is 5.73 Å². The molecule has 0 aliphatic carbocycles. The van der Waals surface area contributed by atoms with Crippen LogP contribution >= 0.6 is 0 Å². The first kappa shape index (κ1) is 13.0. The second-order valence-corrected chi connectivity index (χ2v) is 3.21. The number of benzene rings is 1. The van der Waals surface area contributed by atoms with Crippen LogP contribution in [0.5, 0.6) is 0 Å². The van der Waals surface area contributed by atoms with Gasteiger partial charge in [0.15, 0.2) is 0 Å². The van der Waals surface area contributed by atoms with Gasteiger partial charge in [0, 0.05) is 18.7 Å². The van der Waals surface area contributed by atoms with Gasteiger partial charge in [0.25, 0.3) is 0 Å². The highest BCUT2D eigenvalue weighted by atomic mass is 19.1. The summed E-state index contributed by atoms with van der Waals surface area (Å²) in [5.74, 6) is -4.71. The lowest BCUT2D eigenvalue weighted by molar-refractivity contribution is -0.116. The smallest absolute Gasteiger partial charge is 0.341 e. The third-order valence-corrected chi connectivity index (χ3v) is 1.91. The van der Waals surface area contributed by atoms with E-state index in [0.717, 1.165) is 12.1 Å². The van der Waals surface area contributed by atoms with Crippen molar-refractivity contribution in [1.82, 2.24) is 0 Å². The van der Waals surface area contributed by atoms with Crippen molar-refractivity contribution in [1.29, 1.82) is 0 Å². The van der Waals surface area contributed by atoms with Gasteiger partial charge >= 0.3 is 5.97 Å². The third-order valence-electron chi connectivity index (χ3n) is 1.91. The molecule has 0 spiro atoms. The van der Waals surface area contributed by atoms with Crippen LogP contribution in [-0.4, -0.2) is 23.5 Å². The molecule has 1 amide bonds. The first-order valence-corrected chi connectivity index (χ1v) is 4.68. The van der Waals surface area contributed by atoms with Crippen LogP contribution in [0.4, 0.5) is 14.5 Å². The highest BCUT2D eigenvalue weighted by Gasteiger charge is 2.18. The number of carboxylic acids is 1. The number of carbonyl (C=O) groups is 2. The molecular formula is C10H10F2N2O3. The van der Waals surface area contributed by atoms with Crippen molar-refractivity contribution in [2.75, 3.05) is 11.9 Å². The van der Waals surface area contributed by atoms with Gasteiger partial charge in [0.1, 0.15) is 17.2 Å². The average molecular weight is 244 g/mol. The number of aromatic carboxylic acids is 1. The normalized spacial score (nSPS) is 10.1. The lowest BCUT2D eigenvalue weighted by atomic mass is 10.1. The zero-order chi connectivity index (χ0) is 13.0. The van der Waals surface area contributed by atoms with E-state index in [9.17, 15) is 18.4 Å². The van der Waals surface area contributed by atoms with E-state index in [-0.39, 0.29) is 18.7 Å². The van der Waals surface area contributed by atoms with Crippen molar-refractivity contribution in [3.8, 4) is 0 Å². The summed E-state index contributed by atoms with van der Waals surface area (Å²) in [6.45, 7) is 0.101. The van der Waals surface area contributed by atoms with Gasteiger partial charge in [-0.1, -0.05) is 0 Å². The van der Waals surface area contributed by atoms with Gasteiger partial charge in [-0.05, 0) is 12.1 Å². The standard InChI is InChI=1S/C10H10F2N2O3/c11-6-3-5(14-8(15)1-2-13)4-7(12)9(6)10(16)17/h3-4H,1-2,13H2,(H,14,15)(H,16,17). The highest BCUT2D eigenvalue weighted by Crippen LogP contribution is 2.19. The van der Waals surface area contributed by atoms with E-state index in [1.807, 2.05) is 0 Å². The van der Waals surface area contributed by atoms with Crippen molar-refractivity contribution in [3.63, 3.8) is 0 Å². The number of nitrogens with two attached hydrogens (primary N) is 1. The number of hydrogen-bond donors (Lipinski definition) is 3. The Morgan fingerprint density at radius 2 is 1.82 bits per heavy atom. The van der Waals surface area contributed by atoms with Crippen LogP contribution in [0.25, 0.3) is 0 Å². The largest absolute Gasteiger partial charge is 0.477 e. The van der Waals surface area contributed by atoms with E-state index in [2.05, 4.69) is 5.32 Å². The topological polar surface area (TPSA) is 92.4 Å². The number of hydrogen-bond acceptors (Lipinski definition) is 3. The zero-order valence-corrected chi connectivity index (χ0v) is 8.67. The predicted molar refractivity (Wildman–Crippen MR) is 55.6 cm³/mol. The van der Waals surface area contributed by atoms with Gasteiger partial charge in [-0.3, -0.25) is 4.79 Å². The molecule has 1 aromatic carbocycles. The number of carboxylic acid groups (broad SMARTS) is 1. The zero-order valence-electron chi connectivity index (χ0n) is 8.67. The predicted octanol–water partition coefficient (Wildman–Crippen LogP) is 0.950. The summed E-state index contributed by atoms with van der Waals surface area (Å²) in [5, 5.41) is 10.7. The Hall–Kier alpha value is -2.02. The summed E-state index contributed by atoms with van der Waals surface area (Å²) in [7, 11) is 0. The Balaban J connectivity index is 2.98. The van der Waals surface area contributed by atoms with Crippen molar-refractivity contribution < 1.29 is 23.5 Å². The summed E-state index contributed by atoms with van der Waals surface area (Å²) in [6, 6.07) is 1.47. The Morgan fingerprint density at radius 1 is 1.29 bits per heavy atom. The molecule has 0 atom stereocenters. The summed E-state index contributed by atoms with van der Waals surface area (Å²) < 4.78 is 26.4. The van der Waals surface area contributed by atoms with E-state index in [0.29, 0.717) is 0 Å². The molecule has 4 N–H and O–H groups in total. The fraction of sp³-hybridized carbons (Fsp3) is 0.200. The van der Waals surface area contributed by atoms with Crippen molar-refractivity contribution >= 4 is 17.6 Å². The third kappa shape index (κ3) is 3.22. The molecule has 0 aliphatic heterocycles. The van der Waals surface area contributed by atoms with E-state index in [4.69, 9.17) is 10.8 Å². The van der Waals surface area contributed by atoms with Crippen LogP contribution in [0.1, 0.15) is 16.8 Å². The first-order chi connectivity index (χ1) is 7.95. The fourth-order valence-corrected chi connectivity index (χ4v) is 1.20. The molecule has 0 radical (unpaired) electrons. The Morgan fingerprint density at radius 3 is 2.24 bits per heavy atom. The second-order valence-electron chi connectivity index (χ2n) is 3.21. The molecule has 5 nitrogen and oxygen atoms in total. The number of anilines is 1. The monoisotopic (exact) mass is 244 g/mol. The molecule has 92 valence electrons. The number of rotatable bonds is 4. The molecule has 0 heterocycles. The lowest BCUT2D eigenvalue weighted by Gasteiger charge is -2.06. The van der Waals surface area contributed by atoms with Gasteiger partial charge in [0.2, 0.25) is 5.91 Å². The van der Waals surface area contributed by atoms with E-state index < -0.39 is 29.1 Å². The Kier molecular flexibility index (Phi) is 4.11. The number of nitrogens with one attached hydrogen (secondary N) is 1. The van der Waals surface area contributed by atoms with Gasteiger partial charge < -0.3 is 16.2 Å². The van der Waals surface area contributed by atoms with E-state index >= 15 is 0 Å². The van der Waals surface area contributed by atoms with Crippen LogP contribution in [0, 0.1) is 11.6 Å².